The van der Waals surface area contributed by atoms with E-state index < -0.39 is 12.0 Å². The van der Waals surface area contributed by atoms with Gasteiger partial charge in [0.05, 0.1) is 6.04 Å². The van der Waals surface area contributed by atoms with Crippen molar-refractivity contribution in [2.75, 3.05) is 0 Å². The molecule has 18 heavy (non-hydrogen) atoms. The molecule has 0 saturated heterocycles. The van der Waals surface area contributed by atoms with Gasteiger partial charge < -0.3 is 16.2 Å². The Morgan fingerprint density at radius 3 is 2.67 bits per heavy atom. The predicted molar refractivity (Wildman–Crippen MR) is 69.0 cm³/mol. The van der Waals surface area contributed by atoms with E-state index in [0.717, 1.165) is 19.3 Å². The van der Waals surface area contributed by atoms with Crippen LogP contribution in [-0.2, 0) is 9.59 Å². The zero-order valence-corrected chi connectivity index (χ0v) is 11.0. The minimum absolute atomic E-state index is 0.0607. The van der Waals surface area contributed by atoms with Crippen LogP contribution in [-0.4, -0.2) is 29.1 Å². The molecule has 104 valence electrons. The third-order valence-electron chi connectivity index (χ3n) is 3.70. The zero-order chi connectivity index (χ0) is 13.5. The first-order chi connectivity index (χ1) is 8.50. The molecule has 0 aromatic carbocycles. The highest BCUT2D eigenvalue weighted by molar-refractivity contribution is 5.82. The van der Waals surface area contributed by atoms with Crippen molar-refractivity contribution in [3.05, 3.63) is 0 Å². The molecule has 0 aromatic heterocycles. The molecule has 0 bridgehead atoms. The number of amides is 1. The lowest BCUT2D eigenvalue weighted by Gasteiger charge is -2.24. The average Bonchev–Trinajstić information content (AvgIpc) is 2.51. The average molecular weight is 256 g/mol. The Kier molecular flexibility index (Phi) is 6.12. The fourth-order valence-corrected chi connectivity index (χ4v) is 2.41. The summed E-state index contributed by atoms with van der Waals surface area (Å²) in [6, 6.07) is -0.521. The first-order valence-corrected chi connectivity index (χ1v) is 6.78. The Bertz CT molecular complexity index is 294. The second-order valence-electron chi connectivity index (χ2n) is 5.27. The minimum atomic E-state index is -0.916. The fourth-order valence-electron chi connectivity index (χ4n) is 2.41. The number of hydrogen-bond acceptors (Lipinski definition) is 3. The highest BCUT2D eigenvalue weighted by Crippen LogP contribution is 2.22. The van der Waals surface area contributed by atoms with Crippen molar-refractivity contribution in [2.45, 2.75) is 64.0 Å². The van der Waals surface area contributed by atoms with Gasteiger partial charge in [0.25, 0.3) is 0 Å². The number of carbonyl (C=O) groups excluding carboxylic acids is 1. The number of nitrogens with one attached hydrogen (secondary N) is 1. The van der Waals surface area contributed by atoms with E-state index in [0.29, 0.717) is 5.92 Å². The van der Waals surface area contributed by atoms with Gasteiger partial charge in [0.1, 0.15) is 0 Å². The van der Waals surface area contributed by atoms with Crippen LogP contribution in [0.2, 0.25) is 0 Å². The van der Waals surface area contributed by atoms with E-state index in [1.54, 1.807) is 0 Å². The molecule has 0 radical (unpaired) electrons. The maximum atomic E-state index is 11.9. The topological polar surface area (TPSA) is 92.4 Å². The summed E-state index contributed by atoms with van der Waals surface area (Å²) >= 11 is 0. The highest BCUT2D eigenvalue weighted by atomic mass is 16.4. The van der Waals surface area contributed by atoms with Gasteiger partial charge >= 0.3 is 5.97 Å². The van der Waals surface area contributed by atoms with Crippen molar-refractivity contribution in [3.8, 4) is 0 Å². The molecule has 1 aliphatic rings. The number of rotatable bonds is 5. The predicted octanol–water partition coefficient (Wildman–Crippen LogP) is 1.26. The Balaban J connectivity index is 2.39. The number of carboxylic acids is 1. The summed E-state index contributed by atoms with van der Waals surface area (Å²) in [5.41, 5.74) is 5.69. The van der Waals surface area contributed by atoms with E-state index in [9.17, 15) is 9.59 Å². The summed E-state index contributed by atoms with van der Waals surface area (Å²) in [5.74, 6) is -0.654. The van der Waals surface area contributed by atoms with Crippen LogP contribution in [0.5, 0.6) is 0 Å². The molecule has 4 N–H and O–H groups in total. The van der Waals surface area contributed by atoms with E-state index in [1.165, 1.54) is 12.8 Å². The van der Waals surface area contributed by atoms with Gasteiger partial charge in [-0.25, -0.2) is 0 Å². The second-order valence-corrected chi connectivity index (χ2v) is 5.27. The number of aliphatic carboxylic acids is 1. The van der Waals surface area contributed by atoms with Crippen molar-refractivity contribution < 1.29 is 14.7 Å². The largest absolute Gasteiger partial charge is 0.481 e. The molecule has 5 heteroatoms. The van der Waals surface area contributed by atoms with Gasteiger partial charge in [0.15, 0.2) is 0 Å². The van der Waals surface area contributed by atoms with Crippen molar-refractivity contribution in [1.29, 1.82) is 0 Å². The quantitative estimate of drug-likeness (QED) is 0.646. The number of carbonyl (C=O) groups is 2. The molecule has 3 atom stereocenters. The summed E-state index contributed by atoms with van der Waals surface area (Å²) < 4.78 is 0. The standard InChI is InChI=1S/C13H24N2O3/c1-9-5-3-2-4-6-11(9)15-13(18)10(14)7-8-12(16)17/h9-11H,2-8,14H2,1H3,(H,15,18)(H,16,17). The van der Waals surface area contributed by atoms with E-state index in [2.05, 4.69) is 12.2 Å². The lowest BCUT2D eigenvalue weighted by atomic mass is 9.96. The highest BCUT2D eigenvalue weighted by Gasteiger charge is 2.24. The van der Waals surface area contributed by atoms with Gasteiger partial charge in [0, 0.05) is 12.5 Å². The Labute approximate surface area is 108 Å². The number of hydrogen-bond donors (Lipinski definition) is 3. The molecule has 3 unspecified atom stereocenters. The fraction of sp³-hybridized carbons (Fsp3) is 0.846. The van der Waals surface area contributed by atoms with Crippen LogP contribution >= 0.6 is 0 Å². The lowest BCUT2D eigenvalue weighted by Crippen LogP contribution is -2.47. The van der Waals surface area contributed by atoms with Gasteiger partial charge in [-0.15, -0.1) is 0 Å². The minimum Gasteiger partial charge on any atom is -0.481 e. The second kappa shape index (κ2) is 7.36. The van der Waals surface area contributed by atoms with Gasteiger partial charge in [-0.2, -0.15) is 0 Å². The van der Waals surface area contributed by atoms with E-state index >= 15 is 0 Å². The smallest absolute Gasteiger partial charge is 0.303 e. The van der Waals surface area contributed by atoms with Crippen LogP contribution in [0.25, 0.3) is 0 Å². The summed E-state index contributed by atoms with van der Waals surface area (Å²) in [6.07, 6.45) is 5.85. The molecule has 5 nitrogen and oxygen atoms in total. The van der Waals surface area contributed by atoms with E-state index in [4.69, 9.17) is 10.8 Å². The third-order valence-corrected chi connectivity index (χ3v) is 3.70. The Hall–Kier alpha value is -1.10. The van der Waals surface area contributed by atoms with Crippen LogP contribution in [0.1, 0.15) is 51.9 Å². The summed E-state index contributed by atoms with van der Waals surface area (Å²) in [6.45, 7) is 2.15. The van der Waals surface area contributed by atoms with Crippen molar-refractivity contribution in [1.82, 2.24) is 5.32 Å². The van der Waals surface area contributed by atoms with Crippen LogP contribution < -0.4 is 11.1 Å². The Morgan fingerprint density at radius 2 is 2.00 bits per heavy atom. The van der Waals surface area contributed by atoms with Crippen LogP contribution in [0, 0.1) is 5.92 Å². The molecule has 0 heterocycles. The Morgan fingerprint density at radius 1 is 1.33 bits per heavy atom. The van der Waals surface area contributed by atoms with Gasteiger partial charge in [-0.05, 0) is 25.2 Å². The summed E-state index contributed by atoms with van der Waals surface area (Å²) in [7, 11) is 0. The molecule has 1 aliphatic carbocycles. The maximum absolute atomic E-state index is 11.9. The molecule has 1 fully saturated rings. The normalized spacial score (nSPS) is 26.1. The van der Waals surface area contributed by atoms with Crippen LogP contribution in [0.15, 0.2) is 0 Å². The number of carboxylic acid groups (broad SMARTS) is 1. The van der Waals surface area contributed by atoms with E-state index in [1.807, 2.05) is 0 Å². The molecular formula is C13H24N2O3. The molecule has 0 spiro atoms. The lowest BCUT2D eigenvalue weighted by molar-refractivity contribution is -0.137. The molecule has 1 saturated carbocycles. The third kappa shape index (κ3) is 5.04. The summed E-state index contributed by atoms with van der Waals surface area (Å²) in [4.78, 5) is 22.3. The molecule has 0 aliphatic heterocycles. The van der Waals surface area contributed by atoms with Gasteiger partial charge in [-0.3, -0.25) is 9.59 Å². The van der Waals surface area contributed by atoms with Crippen molar-refractivity contribution in [2.24, 2.45) is 11.7 Å². The van der Waals surface area contributed by atoms with Crippen LogP contribution in [0.3, 0.4) is 0 Å². The first kappa shape index (κ1) is 15.0. The monoisotopic (exact) mass is 256 g/mol. The van der Waals surface area contributed by atoms with Gasteiger partial charge in [0.2, 0.25) is 5.91 Å². The van der Waals surface area contributed by atoms with Gasteiger partial charge in [-0.1, -0.05) is 26.2 Å². The molecule has 1 amide bonds. The van der Waals surface area contributed by atoms with Crippen LogP contribution in [0.4, 0.5) is 0 Å². The van der Waals surface area contributed by atoms with E-state index in [-0.39, 0.29) is 24.8 Å². The first-order valence-electron chi connectivity index (χ1n) is 6.78. The van der Waals surface area contributed by atoms with Crippen molar-refractivity contribution in [3.63, 3.8) is 0 Å². The molecular weight excluding hydrogens is 232 g/mol. The molecule has 0 aromatic rings. The SMILES string of the molecule is CC1CCCCCC1NC(=O)C(N)CCC(=O)O. The van der Waals surface area contributed by atoms with Crippen molar-refractivity contribution >= 4 is 11.9 Å². The summed E-state index contributed by atoms with van der Waals surface area (Å²) in [5, 5.41) is 11.5. The number of nitrogens with two attached hydrogens (primary N) is 1. The molecule has 1 rings (SSSR count). The zero-order valence-electron chi connectivity index (χ0n) is 11.0. The maximum Gasteiger partial charge on any atom is 0.303 e.